The number of nitrogens with one attached hydrogen (secondary N) is 6. The van der Waals surface area contributed by atoms with Gasteiger partial charge in [-0.1, -0.05) is 83.9 Å². The van der Waals surface area contributed by atoms with Gasteiger partial charge in [0.05, 0.1) is 37.7 Å². The van der Waals surface area contributed by atoms with Crippen LogP contribution in [0.25, 0.3) is 0 Å². The Bertz CT molecular complexity index is 2220. The van der Waals surface area contributed by atoms with E-state index in [2.05, 4.69) is 31.9 Å². The number of phenols is 3. The molecule has 0 atom stereocenters. The Labute approximate surface area is 375 Å². The summed E-state index contributed by atoms with van der Waals surface area (Å²) in [4.78, 5) is 0. The van der Waals surface area contributed by atoms with Gasteiger partial charge in [-0.15, -0.1) is 0 Å². The van der Waals surface area contributed by atoms with Gasteiger partial charge in [0.15, 0.2) is 32.6 Å². The van der Waals surface area contributed by atoms with E-state index >= 15 is 0 Å². The van der Waals surface area contributed by atoms with Crippen LogP contribution in [0.1, 0.15) is 37.7 Å². The van der Waals surface area contributed by atoms with Crippen LogP contribution < -0.4 is 31.9 Å². The molecule has 9 N–H and O–H groups in total. The van der Waals surface area contributed by atoms with Gasteiger partial charge >= 0.3 is 6.18 Å². The predicted octanol–water partition coefficient (Wildman–Crippen LogP) is 13.0. The number of hydrogen-bond donors (Lipinski definition) is 9. The number of phenolic OH excluding ortho intramolecular Hbond substituents is 3. The van der Waals surface area contributed by atoms with E-state index in [-0.39, 0.29) is 38.1 Å². The monoisotopic (exact) mass is 942 g/mol. The second-order valence-electron chi connectivity index (χ2n) is 12.6. The normalized spacial score (nSPS) is 12.3. The van der Waals surface area contributed by atoms with Crippen molar-refractivity contribution in [3.63, 3.8) is 0 Å². The van der Waals surface area contributed by atoms with Crippen LogP contribution >= 0.6 is 83.1 Å². The van der Waals surface area contributed by atoms with E-state index in [0.717, 1.165) is 30.7 Å². The van der Waals surface area contributed by atoms with Crippen LogP contribution in [0, 0.1) is 0 Å². The van der Waals surface area contributed by atoms with Gasteiger partial charge in [0.25, 0.3) is 0 Å². The van der Waals surface area contributed by atoms with Crippen LogP contribution in [0.5, 0.6) is 17.2 Å². The molecule has 0 spiro atoms. The number of halogens is 7. The predicted molar refractivity (Wildman–Crippen MR) is 248 cm³/mol. The fourth-order valence-electron chi connectivity index (χ4n) is 5.28. The molecule has 0 bridgehead atoms. The molecule has 0 heterocycles. The molecular formula is C40H37Cl4F3N6O3S3. The molecule has 0 amide bonds. The van der Waals surface area contributed by atoms with Crippen molar-refractivity contribution in [2.45, 2.75) is 44.3 Å². The lowest BCUT2D eigenvalue weighted by atomic mass is 9.96. The zero-order valence-electron chi connectivity index (χ0n) is 30.6. The lowest BCUT2D eigenvalue weighted by Gasteiger charge is -2.24. The van der Waals surface area contributed by atoms with E-state index in [4.69, 9.17) is 83.1 Å². The van der Waals surface area contributed by atoms with Crippen molar-refractivity contribution in [2.75, 3.05) is 26.6 Å². The Kier molecular flexibility index (Phi) is 18.2. The van der Waals surface area contributed by atoms with E-state index in [1.165, 1.54) is 37.5 Å². The SMILES string of the molecule is Oc1c(Cl)cccc1NC(=S)NC1CCCCC1.Oc1c(Cl)cccc1NC(=S)Nc1ccc(C(F)(F)F)cc1.Oc1c(Cl)cccc1NC(=S)Nc1ccc(Cl)cc1. The van der Waals surface area contributed by atoms with Crippen molar-refractivity contribution in [3.05, 3.63) is 129 Å². The van der Waals surface area contributed by atoms with Crippen LogP contribution in [0.3, 0.4) is 0 Å². The van der Waals surface area contributed by atoms with Gasteiger partial charge in [0.1, 0.15) is 0 Å². The Morgan fingerprint density at radius 1 is 0.508 bits per heavy atom. The van der Waals surface area contributed by atoms with Crippen molar-refractivity contribution >= 4 is 127 Å². The molecule has 5 aromatic rings. The van der Waals surface area contributed by atoms with Crippen molar-refractivity contribution < 1.29 is 28.5 Å². The third kappa shape index (κ3) is 15.6. The molecule has 5 aromatic carbocycles. The molecule has 59 heavy (non-hydrogen) atoms. The maximum Gasteiger partial charge on any atom is 0.416 e. The summed E-state index contributed by atoms with van der Waals surface area (Å²) in [5, 5.41) is 49.2. The maximum atomic E-state index is 12.5. The first-order valence-corrected chi connectivity index (χ1v) is 20.3. The Hall–Kier alpha value is -4.48. The van der Waals surface area contributed by atoms with E-state index < -0.39 is 11.7 Å². The highest BCUT2D eigenvalue weighted by Gasteiger charge is 2.30. The first kappa shape index (κ1) is 47.2. The van der Waals surface area contributed by atoms with Gasteiger partial charge in [-0.2, -0.15) is 13.2 Å². The van der Waals surface area contributed by atoms with Crippen molar-refractivity contribution in [3.8, 4) is 17.2 Å². The van der Waals surface area contributed by atoms with Gasteiger partial charge in [0, 0.05) is 22.4 Å². The zero-order chi connectivity index (χ0) is 43.1. The minimum absolute atomic E-state index is 0.0342. The second-order valence-corrected chi connectivity index (χ2v) is 15.5. The molecule has 312 valence electrons. The minimum Gasteiger partial charge on any atom is -0.504 e. The number of alkyl halides is 3. The zero-order valence-corrected chi connectivity index (χ0v) is 36.1. The fourth-order valence-corrected chi connectivity index (χ4v) is 6.67. The van der Waals surface area contributed by atoms with Crippen molar-refractivity contribution in [1.29, 1.82) is 0 Å². The molecule has 1 saturated carbocycles. The number of para-hydroxylation sites is 3. The van der Waals surface area contributed by atoms with E-state index in [1.807, 2.05) is 0 Å². The highest BCUT2D eigenvalue weighted by atomic mass is 35.5. The molecule has 1 aliphatic carbocycles. The summed E-state index contributed by atoms with van der Waals surface area (Å²) in [6.45, 7) is 0. The molecule has 19 heteroatoms. The summed E-state index contributed by atoms with van der Waals surface area (Å²) < 4.78 is 37.4. The van der Waals surface area contributed by atoms with Crippen molar-refractivity contribution in [1.82, 2.24) is 5.32 Å². The number of benzene rings is 5. The number of thiocarbonyl (C=S) groups is 3. The fraction of sp³-hybridized carbons (Fsp3) is 0.175. The smallest absolute Gasteiger partial charge is 0.416 e. The Balaban J connectivity index is 0.000000197. The number of hydrogen-bond acceptors (Lipinski definition) is 6. The van der Waals surface area contributed by atoms with Crippen LogP contribution in [-0.2, 0) is 6.18 Å². The molecule has 0 radical (unpaired) electrons. The molecule has 0 aromatic heterocycles. The lowest BCUT2D eigenvalue weighted by Crippen LogP contribution is -2.38. The minimum atomic E-state index is -4.39. The standard InChI is InChI=1S/C14H10ClF3N2OS.C13H10Cl2N2OS.C13H17ClN2OS/c15-10-2-1-3-11(12(10)21)20-13(22)19-9-6-4-8(5-7-9)14(16,17)18;14-8-4-6-9(7-5-8)16-13(19)17-11-3-1-2-10(15)12(11)18;14-10-7-4-8-11(12(10)17)16-13(18)15-9-5-2-1-3-6-9/h1-7,21H,(H2,19,20,22);1-7,18H,(H2,16,17,19);4,7-9,17H,1-3,5-6H2,(H2,15,16,18). The topological polar surface area (TPSA) is 133 Å². The maximum absolute atomic E-state index is 12.5. The average molecular weight is 945 g/mol. The second kappa shape index (κ2) is 22.8. The highest BCUT2D eigenvalue weighted by molar-refractivity contribution is 7.81. The Morgan fingerprint density at radius 3 is 1.27 bits per heavy atom. The number of rotatable bonds is 6. The first-order valence-electron chi connectivity index (χ1n) is 17.6. The summed E-state index contributed by atoms with van der Waals surface area (Å²) in [6, 6.07) is 26.8. The first-order chi connectivity index (χ1) is 28.0. The van der Waals surface area contributed by atoms with Gasteiger partial charge in [0.2, 0.25) is 0 Å². The van der Waals surface area contributed by atoms with Crippen LogP contribution in [0.4, 0.5) is 41.6 Å². The summed E-state index contributed by atoms with van der Waals surface area (Å²) >= 11 is 38.6. The highest BCUT2D eigenvalue weighted by Crippen LogP contribution is 2.34. The van der Waals surface area contributed by atoms with E-state index in [1.54, 1.807) is 72.8 Å². The summed E-state index contributed by atoms with van der Waals surface area (Å²) in [5.41, 5.74) is 1.70. The molecule has 1 fully saturated rings. The molecule has 9 nitrogen and oxygen atoms in total. The van der Waals surface area contributed by atoms with Crippen LogP contribution in [0.2, 0.25) is 20.1 Å². The summed E-state index contributed by atoms with van der Waals surface area (Å²) in [6.07, 6.45) is 1.75. The van der Waals surface area contributed by atoms with Crippen LogP contribution in [0.15, 0.2) is 103 Å². The van der Waals surface area contributed by atoms with Crippen LogP contribution in [-0.4, -0.2) is 36.7 Å². The number of anilines is 5. The molecule has 0 saturated heterocycles. The average Bonchev–Trinajstić information content (AvgIpc) is 3.19. The van der Waals surface area contributed by atoms with Gasteiger partial charge in [-0.3, -0.25) is 0 Å². The van der Waals surface area contributed by atoms with E-state index in [0.29, 0.717) is 43.4 Å². The molecular weight excluding hydrogens is 907 g/mol. The third-order valence-electron chi connectivity index (χ3n) is 8.22. The largest absolute Gasteiger partial charge is 0.504 e. The Morgan fingerprint density at radius 2 is 0.881 bits per heavy atom. The quantitative estimate of drug-likeness (QED) is 0.0593. The molecule has 6 rings (SSSR count). The third-order valence-corrected chi connectivity index (χ3v) is 10.0. The van der Waals surface area contributed by atoms with Gasteiger partial charge in [-0.05, 0) is 134 Å². The van der Waals surface area contributed by atoms with E-state index in [9.17, 15) is 28.5 Å². The summed E-state index contributed by atoms with van der Waals surface area (Å²) in [7, 11) is 0. The van der Waals surface area contributed by atoms with Crippen molar-refractivity contribution in [2.24, 2.45) is 0 Å². The lowest BCUT2D eigenvalue weighted by molar-refractivity contribution is -0.137. The number of aromatic hydroxyl groups is 3. The summed E-state index contributed by atoms with van der Waals surface area (Å²) in [5.74, 6) is -0.169. The van der Waals surface area contributed by atoms with Gasteiger partial charge < -0.3 is 47.2 Å². The molecule has 1 aliphatic rings. The van der Waals surface area contributed by atoms with Gasteiger partial charge in [-0.25, -0.2) is 0 Å². The molecule has 0 aliphatic heterocycles. The molecule has 0 unspecified atom stereocenters.